The van der Waals surface area contributed by atoms with Gasteiger partial charge in [0, 0.05) is 12.0 Å². The number of nitriles is 2. The normalized spacial score (nSPS) is 12.6. The molecular formula is C13H8N2O2. The van der Waals surface area contributed by atoms with Gasteiger partial charge in [-0.05, 0) is 29.3 Å². The Hall–Kier alpha value is -2.59. The third-order valence-electron chi connectivity index (χ3n) is 2.71. The lowest BCUT2D eigenvalue weighted by atomic mass is 10.0. The number of hydrogen-bond acceptors (Lipinski definition) is 4. The van der Waals surface area contributed by atoms with Gasteiger partial charge in [-0.2, -0.15) is 10.5 Å². The van der Waals surface area contributed by atoms with E-state index in [4.69, 9.17) is 15.3 Å². The first-order valence-electron chi connectivity index (χ1n) is 4.96. The molecule has 2 rings (SSSR count). The zero-order valence-electron chi connectivity index (χ0n) is 9.15. The molecule has 0 atom stereocenters. The lowest BCUT2D eigenvalue weighted by Gasteiger charge is -2.03. The Morgan fingerprint density at radius 3 is 2.59 bits per heavy atom. The van der Waals surface area contributed by atoms with E-state index in [1.807, 2.05) is 12.1 Å². The molecule has 0 aromatic heterocycles. The number of allylic oxidation sites excluding steroid dienone is 2. The highest BCUT2D eigenvalue weighted by molar-refractivity contribution is 6.13. The van der Waals surface area contributed by atoms with Crippen LogP contribution in [-0.2, 0) is 0 Å². The Bertz CT molecular complexity index is 599. The number of ether oxygens (including phenoxy) is 1. The Kier molecular flexibility index (Phi) is 2.64. The molecule has 0 amide bonds. The Morgan fingerprint density at radius 1 is 1.29 bits per heavy atom. The van der Waals surface area contributed by atoms with Crippen LogP contribution in [0.5, 0.6) is 5.75 Å². The van der Waals surface area contributed by atoms with Crippen LogP contribution in [0.4, 0.5) is 0 Å². The number of methoxy groups -OCH3 is 1. The van der Waals surface area contributed by atoms with Crippen molar-refractivity contribution in [1.82, 2.24) is 0 Å². The number of hydrogen-bond donors (Lipinski definition) is 0. The minimum atomic E-state index is -0.0688. The second-order valence-corrected chi connectivity index (χ2v) is 3.59. The molecule has 82 valence electrons. The van der Waals surface area contributed by atoms with Crippen molar-refractivity contribution in [3.63, 3.8) is 0 Å². The van der Waals surface area contributed by atoms with Crippen LogP contribution in [0.15, 0.2) is 23.8 Å². The van der Waals surface area contributed by atoms with Crippen molar-refractivity contribution in [2.24, 2.45) is 0 Å². The Morgan fingerprint density at radius 2 is 2.00 bits per heavy atom. The van der Waals surface area contributed by atoms with Crippen LogP contribution < -0.4 is 4.74 Å². The maximum Gasteiger partial charge on any atom is 0.167 e. The van der Waals surface area contributed by atoms with Crippen molar-refractivity contribution < 1.29 is 9.53 Å². The molecule has 1 aliphatic carbocycles. The van der Waals surface area contributed by atoms with Gasteiger partial charge in [0.2, 0.25) is 0 Å². The molecule has 0 heterocycles. The average Bonchev–Trinajstić information content (AvgIpc) is 2.68. The zero-order chi connectivity index (χ0) is 12.4. The Balaban J connectivity index is 2.69. The lowest BCUT2D eigenvalue weighted by molar-refractivity contribution is 0.100. The summed E-state index contributed by atoms with van der Waals surface area (Å²) in [6, 6.07) is 8.68. The van der Waals surface area contributed by atoms with Crippen molar-refractivity contribution in [1.29, 1.82) is 10.5 Å². The Labute approximate surface area is 98.4 Å². The van der Waals surface area contributed by atoms with Crippen LogP contribution in [0.2, 0.25) is 0 Å². The van der Waals surface area contributed by atoms with Crippen LogP contribution in [0.1, 0.15) is 22.3 Å². The van der Waals surface area contributed by atoms with Crippen LogP contribution in [0.25, 0.3) is 5.57 Å². The number of benzene rings is 1. The van der Waals surface area contributed by atoms with Gasteiger partial charge in [0.1, 0.15) is 23.5 Å². The SMILES string of the molecule is COc1ccc2c(c1)C(=C(C#N)C#N)CC2=O. The quantitative estimate of drug-likeness (QED) is 0.684. The predicted octanol–water partition coefficient (Wildman–Crippen LogP) is 2.08. The monoisotopic (exact) mass is 224 g/mol. The van der Waals surface area contributed by atoms with Gasteiger partial charge >= 0.3 is 0 Å². The van der Waals surface area contributed by atoms with E-state index >= 15 is 0 Å². The zero-order valence-corrected chi connectivity index (χ0v) is 9.15. The number of Topliss-reactive ketones (excluding diaryl/α,β-unsaturated/α-hetero) is 1. The van der Waals surface area contributed by atoms with Gasteiger partial charge in [-0.3, -0.25) is 4.79 Å². The highest BCUT2D eigenvalue weighted by Crippen LogP contribution is 2.36. The molecule has 4 nitrogen and oxygen atoms in total. The molecule has 0 radical (unpaired) electrons. The van der Waals surface area contributed by atoms with Gasteiger partial charge in [0.25, 0.3) is 0 Å². The molecule has 0 saturated carbocycles. The summed E-state index contributed by atoms with van der Waals surface area (Å²) in [4.78, 5) is 11.7. The average molecular weight is 224 g/mol. The fourth-order valence-electron chi connectivity index (χ4n) is 1.88. The molecule has 0 N–H and O–H groups in total. The summed E-state index contributed by atoms with van der Waals surface area (Å²) in [6.45, 7) is 0. The predicted molar refractivity (Wildman–Crippen MR) is 60.1 cm³/mol. The van der Waals surface area contributed by atoms with Gasteiger partial charge in [-0.15, -0.1) is 0 Å². The summed E-state index contributed by atoms with van der Waals surface area (Å²) < 4.78 is 5.07. The summed E-state index contributed by atoms with van der Waals surface area (Å²) in [5.41, 5.74) is 1.66. The summed E-state index contributed by atoms with van der Waals surface area (Å²) in [5, 5.41) is 17.7. The fraction of sp³-hybridized carbons (Fsp3) is 0.154. The second kappa shape index (κ2) is 4.11. The van der Waals surface area contributed by atoms with Gasteiger partial charge in [-0.1, -0.05) is 0 Å². The van der Waals surface area contributed by atoms with E-state index < -0.39 is 0 Å². The standard InChI is InChI=1S/C13H8N2O2/c1-17-9-2-3-10-12(4-9)11(5-13(10)16)8(6-14)7-15/h2-4H,5H2,1H3. The van der Waals surface area contributed by atoms with Crippen molar-refractivity contribution >= 4 is 11.4 Å². The summed E-state index contributed by atoms with van der Waals surface area (Å²) in [7, 11) is 1.53. The highest BCUT2D eigenvalue weighted by Gasteiger charge is 2.27. The van der Waals surface area contributed by atoms with Crippen LogP contribution in [0, 0.1) is 22.7 Å². The molecule has 0 aliphatic heterocycles. The minimum absolute atomic E-state index is 0.00893. The molecule has 1 aliphatic rings. The van der Waals surface area contributed by atoms with E-state index in [2.05, 4.69) is 0 Å². The van der Waals surface area contributed by atoms with Crippen LogP contribution in [0.3, 0.4) is 0 Å². The molecule has 17 heavy (non-hydrogen) atoms. The third kappa shape index (κ3) is 1.66. The highest BCUT2D eigenvalue weighted by atomic mass is 16.5. The largest absolute Gasteiger partial charge is 0.497 e. The molecule has 0 fully saturated rings. The molecule has 1 aromatic rings. The van der Waals surface area contributed by atoms with Gasteiger partial charge in [0.15, 0.2) is 5.78 Å². The van der Waals surface area contributed by atoms with E-state index in [0.717, 1.165) is 0 Å². The minimum Gasteiger partial charge on any atom is -0.497 e. The first-order chi connectivity index (χ1) is 8.21. The maximum atomic E-state index is 11.7. The molecule has 0 unspecified atom stereocenters. The summed E-state index contributed by atoms with van der Waals surface area (Å²) in [5.74, 6) is 0.534. The van der Waals surface area contributed by atoms with Crippen molar-refractivity contribution in [3.8, 4) is 17.9 Å². The van der Waals surface area contributed by atoms with E-state index in [-0.39, 0.29) is 17.8 Å². The van der Waals surface area contributed by atoms with E-state index in [9.17, 15) is 4.79 Å². The number of nitrogens with zero attached hydrogens (tertiary/aromatic N) is 2. The summed E-state index contributed by atoms with van der Waals surface area (Å²) >= 11 is 0. The first-order valence-corrected chi connectivity index (χ1v) is 4.96. The van der Waals surface area contributed by atoms with Crippen molar-refractivity contribution in [2.45, 2.75) is 6.42 Å². The third-order valence-corrected chi connectivity index (χ3v) is 2.71. The van der Waals surface area contributed by atoms with Crippen LogP contribution in [-0.4, -0.2) is 12.9 Å². The number of carbonyl (C=O) groups is 1. The molecular weight excluding hydrogens is 216 g/mol. The van der Waals surface area contributed by atoms with Crippen molar-refractivity contribution in [2.75, 3.05) is 7.11 Å². The second-order valence-electron chi connectivity index (χ2n) is 3.59. The van der Waals surface area contributed by atoms with Gasteiger partial charge in [-0.25, -0.2) is 0 Å². The van der Waals surface area contributed by atoms with Crippen LogP contribution >= 0.6 is 0 Å². The first kappa shape index (κ1) is 10.9. The van der Waals surface area contributed by atoms with Gasteiger partial charge < -0.3 is 4.74 Å². The van der Waals surface area contributed by atoms with E-state index in [1.54, 1.807) is 18.2 Å². The smallest absolute Gasteiger partial charge is 0.167 e. The summed E-state index contributed by atoms with van der Waals surface area (Å²) in [6.07, 6.45) is 0.110. The molecule has 0 spiro atoms. The fourth-order valence-corrected chi connectivity index (χ4v) is 1.88. The molecule has 0 saturated heterocycles. The van der Waals surface area contributed by atoms with E-state index in [0.29, 0.717) is 22.4 Å². The molecule has 0 bridgehead atoms. The number of ketones is 1. The lowest BCUT2D eigenvalue weighted by Crippen LogP contribution is -1.91. The number of fused-ring (bicyclic) bond motifs is 1. The number of rotatable bonds is 1. The molecule has 4 heteroatoms. The topological polar surface area (TPSA) is 73.9 Å². The van der Waals surface area contributed by atoms with Gasteiger partial charge in [0.05, 0.1) is 7.11 Å². The molecule has 1 aromatic carbocycles. The van der Waals surface area contributed by atoms with Crippen molar-refractivity contribution in [3.05, 3.63) is 34.9 Å². The maximum absolute atomic E-state index is 11.7. The number of carbonyl (C=O) groups excluding carboxylic acids is 1. The van der Waals surface area contributed by atoms with E-state index in [1.165, 1.54) is 7.11 Å².